The van der Waals surface area contributed by atoms with E-state index in [-0.39, 0.29) is 0 Å². The minimum atomic E-state index is 0.415. The van der Waals surface area contributed by atoms with E-state index in [9.17, 15) is 0 Å². The molecular formula is C11H7ClN2. The number of fused-ring (bicyclic) bond motifs is 1. The summed E-state index contributed by atoms with van der Waals surface area (Å²) in [5, 5.41) is 1.52. The van der Waals surface area contributed by atoms with Crippen molar-refractivity contribution in [2.75, 3.05) is 0 Å². The van der Waals surface area contributed by atoms with Gasteiger partial charge in [-0.1, -0.05) is 11.6 Å². The highest BCUT2D eigenvalue weighted by molar-refractivity contribution is 6.29. The van der Waals surface area contributed by atoms with Gasteiger partial charge >= 0.3 is 0 Å². The summed E-state index contributed by atoms with van der Waals surface area (Å²) in [6.45, 7) is 7.19. The molecule has 0 aliphatic carbocycles. The molecule has 3 heteroatoms. The fourth-order valence-corrected chi connectivity index (χ4v) is 1.49. The molecule has 0 radical (unpaired) electrons. The zero-order valence-electron chi connectivity index (χ0n) is 7.37. The number of hydrogen-bond donors (Lipinski definition) is 0. The summed E-state index contributed by atoms with van der Waals surface area (Å²) in [5.74, 6) is 0. The molecule has 14 heavy (non-hydrogen) atoms. The van der Waals surface area contributed by atoms with E-state index in [0.29, 0.717) is 11.7 Å². The van der Waals surface area contributed by atoms with Gasteiger partial charge in [0.05, 0.1) is 5.52 Å². The summed E-state index contributed by atoms with van der Waals surface area (Å²) in [6.07, 6.45) is 0. The van der Waals surface area contributed by atoms with Crippen molar-refractivity contribution in [1.29, 1.82) is 0 Å². The average Bonchev–Trinajstić information content (AvgIpc) is 2.19. The minimum Gasteiger partial charge on any atom is -0.312 e. The molecule has 0 unspecified atom stereocenters. The van der Waals surface area contributed by atoms with Crippen molar-refractivity contribution in [1.82, 2.24) is 4.98 Å². The SMILES string of the molecule is [C-]#[N+]Cc1ccc2nc(Cl)ccc2c1. The van der Waals surface area contributed by atoms with Crippen LogP contribution in [0.15, 0.2) is 30.3 Å². The van der Waals surface area contributed by atoms with Crippen molar-refractivity contribution >= 4 is 22.5 Å². The summed E-state index contributed by atoms with van der Waals surface area (Å²) in [5.41, 5.74) is 1.88. The van der Waals surface area contributed by atoms with Crippen molar-refractivity contribution in [3.05, 3.63) is 52.5 Å². The number of benzene rings is 1. The zero-order valence-corrected chi connectivity index (χ0v) is 8.12. The number of hydrogen-bond acceptors (Lipinski definition) is 1. The molecular weight excluding hydrogens is 196 g/mol. The van der Waals surface area contributed by atoms with E-state index in [1.165, 1.54) is 0 Å². The van der Waals surface area contributed by atoms with Crippen LogP contribution in [-0.2, 0) is 6.54 Å². The minimum absolute atomic E-state index is 0.415. The first kappa shape index (κ1) is 8.98. The summed E-state index contributed by atoms with van der Waals surface area (Å²) < 4.78 is 0. The zero-order chi connectivity index (χ0) is 9.97. The van der Waals surface area contributed by atoms with Crippen LogP contribution >= 0.6 is 11.6 Å². The summed E-state index contributed by atoms with van der Waals surface area (Å²) >= 11 is 5.76. The van der Waals surface area contributed by atoms with Gasteiger partial charge in [-0.25, -0.2) is 11.6 Å². The van der Waals surface area contributed by atoms with Crippen molar-refractivity contribution in [2.45, 2.75) is 6.54 Å². The number of rotatable bonds is 1. The lowest BCUT2D eigenvalue weighted by atomic mass is 10.1. The molecule has 68 valence electrons. The quantitative estimate of drug-likeness (QED) is 0.512. The number of pyridine rings is 1. The highest BCUT2D eigenvalue weighted by Gasteiger charge is 1.99. The molecule has 1 aromatic heterocycles. The smallest absolute Gasteiger partial charge is 0.239 e. The van der Waals surface area contributed by atoms with Gasteiger partial charge in [0.25, 0.3) is 0 Å². The standard InChI is InChI=1S/C11H7ClN2/c1-13-7-8-2-4-10-9(6-8)3-5-11(12)14-10/h2-6H,7H2. The maximum Gasteiger partial charge on any atom is 0.239 e. The Morgan fingerprint density at radius 3 is 2.93 bits per heavy atom. The normalized spacial score (nSPS) is 10.0. The Morgan fingerprint density at radius 2 is 2.14 bits per heavy atom. The van der Waals surface area contributed by atoms with Crippen LogP contribution in [0, 0.1) is 6.57 Å². The molecule has 0 spiro atoms. The molecule has 1 heterocycles. The Labute approximate surface area is 87.0 Å². The Morgan fingerprint density at radius 1 is 1.29 bits per heavy atom. The van der Waals surface area contributed by atoms with Crippen LogP contribution in [-0.4, -0.2) is 4.98 Å². The third-order valence-corrected chi connectivity index (χ3v) is 2.19. The lowest BCUT2D eigenvalue weighted by molar-refractivity contribution is 1.27. The van der Waals surface area contributed by atoms with Gasteiger partial charge in [0.2, 0.25) is 6.54 Å². The first-order chi connectivity index (χ1) is 6.79. The monoisotopic (exact) mass is 202 g/mol. The predicted molar refractivity (Wildman–Crippen MR) is 57.1 cm³/mol. The molecule has 0 aliphatic rings. The van der Waals surface area contributed by atoms with Crippen molar-refractivity contribution in [3.63, 3.8) is 0 Å². The van der Waals surface area contributed by atoms with E-state index in [1.807, 2.05) is 24.3 Å². The second-order valence-corrected chi connectivity index (χ2v) is 3.36. The summed E-state index contributed by atoms with van der Waals surface area (Å²) in [6, 6.07) is 9.44. The van der Waals surface area contributed by atoms with Crippen LogP contribution in [0.2, 0.25) is 5.15 Å². The fraction of sp³-hybridized carbons (Fsp3) is 0.0909. The van der Waals surface area contributed by atoms with E-state index < -0.39 is 0 Å². The Hall–Kier alpha value is -1.59. The Bertz CT molecular complexity index is 514. The molecule has 0 bridgehead atoms. The van der Waals surface area contributed by atoms with E-state index in [0.717, 1.165) is 16.5 Å². The van der Waals surface area contributed by atoms with Gasteiger partial charge in [-0.3, -0.25) is 0 Å². The molecule has 0 N–H and O–H groups in total. The maximum absolute atomic E-state index is 6.77. The Kier molecular flexibility index (Phi) is 2.34. The number of halogens is 1. The van der Waals surface area contributed by atoms with Crippen LogP contribution in [0.1, 0.15) is 5.56 Å². The highest BCUT2D eigenvalue weighted by Crippen LogP contribution is 2.17. The maximum atomic E-state index is 6.77. The third kappa shape index (κ3) is 1.68. The molecule has 2 rings (SSSR count). The van der Waals surface area contributed by atoms with Crippen LogP contribution in [0.3, 0.4) is 0 Å². The van der Waals surface area contributed by atoms with Crippen molar-refractivity contribution in [2.24, 2.45) is 0 Å². The first-order valence-electron chi connectivity index (χ1n) is 4.18. The van der Waals surface area contributed by atoms with Crippen LogP contribution in [0.4, 0.5) is 0 Å². The molecule has 0 aliphatic heterocycles. The molecule has 0 atom stereocenters. The molecule has 1 aromatic carbocycles. The molecule has 2 aromatic rings. The molecule has 0 amide bonds. The van der Waals surface area contributed by atoms with Crippen molar-refractivity contribution < 1.29 is 0 Å². The first-order valence-corrected chi connectivity index (χ1v) is 4.56. The van der Waals surface area contributed by atoms with Gasteiger partial charge in [0, 0.05) is 10.9 Å². The van der Waals surface area contributed by atoms with E-state index >= 15 is 0 Å². The average molecular weight is 203 g/mol. The lowest BCUT2D eigenvalue weighted by Gasteiger charge is -1.98. The molecule has 0 saturated carbocycles. The summed E-state index contributed by atoms with van der Waals surface area (Å²) in [7, 11) is 0. The predicted octanol–water partition coefficient (Wildman–Crippen LogP) is 3.31. The van der Waals surface area contributed by atoms with Crippen LogP contribution < -0.4 is 0 Å². The molecule has 0 saturated heterocycles. The topological polar surface area (TPSA) is 17.2 Å². The number of nitrogens with zero attached hydrogens (tertiary/aromatic N) is 2. The fourth-order valence-electron chi connectivity index (χ4n) is 1.34. The molecule has 0 fully saturated rings. The summed E-state index contributed by atoms with van der Waals surface area (Å²) in [4.78, 5) is 7.50. The second kappa shape index (κ2) is 3.65. The van der Waals surface area contributed by atoms with Gasteiger partial charge in [-0.15, -0.1) is 0 Å². The van der Waals surface area contributed by atoms with Gasteiger partial charge in [0.1, 0.15) is 5.15 Å². The van der Waals surface area contributed by atoms with Crippen molar-refractivity contribution in [3.8, 4) is 0 Å². The van der Waals surface area contributed by atoms with E-state index in [4.69, 9.17) is 18.2 Å². The van der Waals surface area contributed by atoms with E-state index in [1.54, 1.807) is 6.07 Å². The third-order valence-electron chi connectivity index (χ3n) is 1.98. The molecule has 2 nitrogen and oxygen atoms in total. The van der Waals surface area contributed by atoms with Gasteiger partial charge in [0.15, 0.2) is 0 Å². The van der Waals surface area contributed by atoms with Crippen LogP contribution in [0.5, 0.6) is 0 Å². The Balaban J connectivity index is 2.57. The second-order valence-electron chi connectivity index (χ2n) is 2.98. The number of aromatic nitrogens is 1. The van der Waals surface area contributed by atoms with E-state index in [2.05, 4.69) is 9.83 Å². The van der Waals surface area contributed by atoms with Gasteiger partial charge in [-0.2, -0.15) is 0 Å². The van der Waals surface area contributed by atoms with Gasteiger partial charge in [-0.05, 0) is 30.3 Å². The lowest BCUT2D eigenvalue weighted by Crippen LogP contribution is -1.83. The largest absolute Gasteiger partial charge is 0.312 e. The van der Waals surface area contributed by atoms with Gasteiger partial charge < -0.3 is 4.85 Å². The highest BCUT2D eigenvalue weighted by atomic mass is 35.5. The van der Waals surface area contributed by atoms with Crippen LogP contribution in [0.25, 0.3) is 15.7 Å².